The molecule has 1 aromatic rings. The van der Waals surface area contributed by atoms with Crippen molar-refractivity contribution in [3.05, 3.63) is 35.9 Å². The smallest absolute Gasteiger partial charge is 0.191 e. The maximum Gasteiger partial charge on any atom is 0.191 e. The van der Waals surface area contributed by atoms with Crippen molar-refractivity contribution >= 4 is 29.9 Å². The fraction of sp³-hybridized carbons (Fsp3) is 0.667. The maximum atomic E-state index is 4.37. The Morgan fingerprint density at radius 3 is 2.44 bits per heavy atom. The molecule has 0 aliphatic carbocycles. The van der Waals surface area contributed by atoms with Crippen molar-refractivity contribution in [1.29, 1.82) is 0 Å². The molecule has 2 rings (SSSR count). The third-order valence-corrected chi connectivity index (χ3v) is 5.31. The number of likely N-dealkylation sites (N-methyl/N-ethyl adjacent to an activating group) is 1. The highest BCUT2D eigenvalue weighted by Crippen LogP contribution is 2.17. The minimum absolute atomic E-state index is 0. The third-order valence-electron chi connectivity index (χ3n) is 5.31. The molecule has 0 amide bonds. The zero-order valence-corrected chi connectivity index (χ0v) is 19.8. The highest BCUT2D eigenvalue weighted by Gasteiger charge is 2.15. The van der Waals surface area contributed by atoms with Crippen molar-refractivity contribution in [3.8, 4) is 0 Å². The van der Waals surface area contributed by atoms with E-state index in [0.717, 1.165) is 31.4 Å². The van der Waals surface area contributed by atoms with Crippen LogP contribution in [0.2, 0.25) is 0 Å². The van der Waals surface area contributed by atoms with Crippen molar-refractivity contribution < 1.29 is 0 Å². The summed E-state index contributed by atoms with van der Waals surface area (Å²) >= 11 is 0. The first kappa shape index (κ1) is 24.2. The van der Waals surface area contributed by atoms with Crippen LogP contribution in [0.25, 0.3) is 0 Å². The van der Waals surface area contributed by atoms with Gasteiger partial charge in [-0.2, -0.15) is 0 Å². The number of hydrogen-bond acceptors (Lipinski definition) is 3. The minimum atomic E-state index is 0. The third kappa shape index (κ3) is 8.79. The summed E-state index contributed by atoms with van der Waals surface area (Å²) in [5, 5.41) is 6.93. The number of halogens is 1. The summed E-state index contributed by atoms with van der Waals surface area (Å²) in [4.78, 5) is 9.21. The summed E-state index contributed by atoms with van der Waals surface area (Å²) in [6.45, 7) is 7.86. The highest BCUT2D eigenvalue weighted by molar-refractivity contribution is 14.0. The molecule has 1 aliphatic rings. The summed E-state index contributed by atoms with van der Waals surface area (Å²) in [5.41, 5.74) is 1.32. The number of aliphatic imine (C=N–C) groups is 1. The Morgan fingerprint density at radius 2 is 1.85 bits per heavy atom. The molecule has 1 atom stereocenters. The van der Waals surface area contributed by atoms with Gasteiger partial charge in [0.25, 0.3) is 0 Å². The average Bonchev–Trinajstić information content (AvgIpc) is 2.65. The van der Waals surface area contributed by atoms with Crippen LogP contribution in [-0.2, 0) is 0 Å². The average molecular weight is 487 g/mol. The van der Waals surface area contributed by atoms with Gasteiger partial charge in [0.05, 0.1) is 6.04 Å². The molecule has 0 aromatic heterocycles. The minimum Gasteiger partial charge on any atom is -0.356 e. The number of hydrogen-bond donors (Lipinski definition) is 2. The normalized spacial score (nSPS) is 17.4. The van der Waals surface area contributed by atoms with Gasteiger partial charge in [-0.3, -0.25) is 4.99 Å². The van der Waals surface area contributed by atoms with Crippen LogP contribution in [0.1, 0.15) is 37.8 Å². The SMILES string of the molecule is CN=C(NCCCN1CCC(C)CC1)NCC(c1ccccc1)N(C)C.I. The first-order chi connectivity index (χ1) is 12.6. The molecule has 154 valence electrons. The molecule has 27 heavy (non-hydrogen) atoms. The Morgan fingerprint density at radius 1 is 1.19 bits per heavy atom. The van der Waals surface area contributed by atoms with Gasteiger partial charge in [-0.25, -0.2) is 0 Å². The summed E-state index contributed by atoms with van der Waals surface area (Å²) in [6.07, 6.45) is 3.86. The molecule has 1 unspecified atom stereocenters. The topological polar surface area (TPSA) is 42.9 Å². The fourth-order valence-electron chi connectivity index (χ4n) is 3.48. The summed E-state index contributed by atoms with van der Waals surface area (Å²) < 4.78 is 0. The van der Waals surface area contributed by atoms with Crippen LogP contribution in [0, 0.1) is 5.92 Å². The van der Waals surface area contributed by atoms with Crippen LogP contribution in [0.5, 0.6) is 0 Å². The van der Waals surface area contributed by atoms with E-state index < -0.39 is 0 Å². The van der Waals surface area contributed by atoms with E-state index in [4.69, 9.17) is 0 Å². The number of piperidine rings is 1. The number of likely N-dealkylation sites (tertiary alicyclic amines) is 1. The molecule has 5 nitrogen and oxygen atoms in total. The first-order valence-electron chi connectivity index (χ1n) is 9.98. The quantitative estimate of drug-likeness (QED) is 0.256. The van der Waals surface area contributed by atoms with E-state index in [1.54, 1.807) is 0 Å². The maximum absolute atomic E-state index is 4.37. The van der Waals surface area contributed by atoms with Crippen molar-refractivity contribution in [2.75, 3.05) is 53.9 Å². The highest BCUT2D eigenvalue weighted by atomic mass is 127. The molecule has 0 bridgehead atoms. The van der Waals surface area contributed by atoms with Gasteiger partial charge >= 0.3 is 0 Å². The lowest BCUT2D eigenvalue weighted by atomic mass is 9.99. The van der Waals surface area contributed by atoms with Gasteiger partial charge in [0, 0.05) is 20.1 Å². The van der Waals surface area contributed by atoms with Gasteiger partial charge in [0.15, 0.2) is 5.96 Å². The second-order valence-electron chi connectivity index (χ2n) is 7.65. The van der Waals surface area contributed by atoms with Crippen LogP contribution in [0.3, 0.4) is 0 Å². The van der Waals surface area contributed by atoms with E-state index in [2.05, 4.69) is 76.8 Å². The Hall–Kier alpha value is -0.860. The second-order valence-corrected chi connectivity index (χ2v) is 7.65. The van der Waals surface area contributed by atoms with Gasteiger partial charge in [-0.15, -0.1) is 24.0 Å². The Balaban J connectivity index is 0.00000364. The molecular weight excluding hydrogens is 449 g/mol. The standard InChI is InChI=1S/C21H37N5.HI/c1-18-11-15-26(16-12-18)14-8-13-23-21(22-2)24-17-20(25(3)4)19-9-6-5-7-10-19;/h5-7,9-10,18,20H,8,11-17H2,1-4H3,(H2,22,23,24);1H. The van der Waals surface area contributed by atoms with Gasteiger partial charge in [0.2, 0.25) is 0 Å². The van der Waals surface area contributed by atoms with Crippen molar-refractivity contribution in [2.45, 2.75) is 32.2 Å². The van der Waals surface area contributed by atoms with Crippen LogP contribution in [-0.4, -0.2) is 69.6 Å². The first-order valence-corrected chi connectivity index (χ1v) is 9.98. The summed E-state index contributed by atoms with van der Waals surface area (Å²) in [6, 6.07) is 10.9. The Labute approximate surface area is 183 Å². The molecule has 0 saturated carbocycles. The van der Waals surface area contributed by atoms with Crippen molar-refractivity contribution in [3.63, 3.8) is 0 Å². The molecular formula is C21H38IN5. The second kappa shape index (κ2) is 13.3. The molecule has 1 fully saturated rings. The van der Waals surface area contributed by atoms with Gasteiger partial charge in [-0.1, -0.05) is 37.3 Å². The van der Waals surface area contributed by atoms with E-state index in [9.17, 15) is 0 Å². The predicted octanol–water partition coefficient (Wildman–Crippen LogP) is 3.19. The van der Waals surface area contributed by atoms with Crippen LogP contribution in [0.15, 0.2) is 35.3 Å². The number of rotatable bonds is 8. The van der Waals surface area contributed by atoms with Crippen LogP contribution in [0.4, 0.5) is 0 Å². The molecule has 1 aromatic carbocycles. The summed E-state index contributed by atoms with van der Waals surface area (Å²) in [5.74, 6) is 1.79. The fourth-order valence-corrected chi connectivity index (χ4v) is 3.48. The van der Waals surface area contributed by atoms with Crippen LogP contribution >= 0.6 is 24.0 Å². The lowest BCUT2D eigenvalue weighted by Gasteiger charge is -2.30. The number of nitrogens with zero attached hydrogens (tertiary/aromatic N) is 3. The van der Waals surface area contributed by atoms with Crippen molar-refractivity contribution in [2.24, 2.45) is 10.9 Å². The Kier molecular flexibility index (Phi) is 11.9. The van der Waals surface area contributed by atoms with E-state index in [-0.39, 0.29) is 24.0 Å². The largest absolute Gasteiger partial charge is 0.356 e. The van der Waals surface area contributed by atoms with Gasteiger partial charge in [-0.05, 0) is 64.5 Å². The lowest BCUT2D eigenvalue weighted by Crippen LogP contribution is -2.42. The van der Waals surface area contributed by atoms with E-state index in [0.29, 0.717) is 6.04 Å². The molecule has 0 spiro atoms. The molecule has 1 saturated heterocycles. The number of nitrogens with one attached hydrogen (secondary N) is 2. The molecule has 1 heterocycles. The monoisotopic (exact) mass is 487 g/mol. The van der Waals surface area contributed by atoms with Gasteiger partial charge in [0.1, 0.15) is 0 Å². The van der Waals surface area contributed by atoms with Crippen LogP contribution < -0.4 is 10.6 Å². The number of benzene rings is 1. The lowest BCUT2D eigenvalue weighted by molar-refractivity contribution is 0.191. The molecule has 0 radical (unpaired) electrons. The molecule has 6 heteroatoms. The predicted molar refractivity (Wildman–Crippen MR) is 127 cm³/mol. The van der Waals surface area contributed by atoms with E-state index in [1.807, 2.05) is 7.05 Å². The zero-order chi connectivity index (χ0) is 18.8. The number of guanidine groups is 1. The molecule has 1 aliphatic heterocycles. The Bertz CT molecular complexity index is 527. The van der Waals surface area contributed by atoms with Crippen molar-refractivity contribution in [1.82, 2.24) is 20.4 Å². The molecule has 2 N–H and O–H groups in total. The van der Waals surface area contributed by atoms with Gasteiger partial charge < -0.3 is 20.4 Å². The van der Waals surface area contributed by atoms with E-state index in [1.165, 1.54) is 38.0 Å². The summed E-state index contributed by atoms with van der Waals surface area (Å²) in [7, 11) is 6.08. The van der Waals surface area contributed by atoms with E-state index >= 15 is 0 Å². The zero-order valence-electron chi connectivity index (χ0n) is 17.4.